The Bertz CT molecular complexity index is 1530. The molecule has 2 aliphatic heterocycles. The van der Waals surface area contributed by atoms with E-state index in [9.17, 15) is 22.8 Å². The standard InChI is InChI=1S/C28H31N5O5S/c1-18-14-32(39(37,38)16-20-6-4-3-5-7-20)15-22-9-11-26(33(18)22)28(36)31-25(27(35)19(2)34)13-21-8-10-23-24(12-21)30-17-29-23/h3-8,10,12,17,22,25-26H,1,9,11,13-16H2,2H3,(H,29,30)(H,31,36). The summed E-state index contributed by atoms with van der Waals surface area (Å²) >= 11 is 0. The van der Waals surface area contributed by atoms with Crippen molar-refractivity contribution in [3.8, 4) is 0 Å². The SMILES string of the molecule is C=C1CN(S(=O)(=O)Cc2ccccc2)CC2CCC(C(=O)NC(Cc3ccc4nc[nH]c4c3)C(=O)C(C)=O)N12. The van der Waals surface area contributed by atoms with E-state index in [2.05, 4.69) is 21.9 Å². The first-order chi connectivity index (χ1) is 18.6. The Balaban J connectivity index is 1.28. The maximum absolute atomic E-state index is 13.5. The van der Waals surface area contributed by atoms with Crippen LogP contribution in [0.3, 0.4) is 0 Å². The van der Waals surface area contributed by atoms with Crippen molar-refractivity contribution in [2.24, 2.45) is 0 Å². The number of carbonyl (C=O) groups is 3. The fourth-order valence-corrected chi connectivity index (χ4v) is 7.08. The van der Waals surface area contributed by atoms with E-state index in [1.807, 2.05) is 41.3 Å². The van der Waals surface area contributed by atoms with Gasteiger partial charge in [-0.3, -0.25) is 14.4 Å². The van der Waals surface area contributed by atoms with Crippen molar-refractivity contribution in [1.82, 2.24) is 24.5 Å². The summed E-state index contributed by atoms with van der Waals surface area (Å²) in [5.41, 5.74) is 3.60. The molecular weight excluding hydrogens is 518 g/mol. The first-order valence-corrected chi connectivity index (χ1v) is 14.5. The zero-order valence-corrected chi connectivity index (χ0v) is 22.5. The third-order valence-corrected chi connectivity index (χ3v) is 9.20. The Morgan fingerprint density at radius 1 is 1.13 bits per heavy atom. The molecule has 3 aromatic rings. The molecule has 39 heavy (non-hydrogen) atoms. The molecule has 1 aromatic heterocycles. The van der Waals surface area contributed by atoms with E-state index in [1.165, 1.54) is 11.2 Å². The van der Waals surface area contributed by atoms with Crippen LogP contribution in [0, 0.1) is 0 Å². The van der Waals surface area contributed by atoms with E-state index in [0.29, 0.717) is 24.1 Å². The Kier molecular flexibility index (Phi) is 7.37. The van der Waals surface area contributed by atoms with Gasteiger partial charge in [-0.2, -0.15) is 4.31 Å². The summed E-state index contributed by atoms with van der Waals surface area (Å²) in [5, 5.41) is 2.81. The average Bonchev–Trinajstić information content (AvgIpc) is 3.55. The number of imidazole rings is 1. The molecule has 2 saturated heterocycles. The van der Waals surface area contributed by atoms with Gasteiger partial charge in [-0.25, -0.2) is 13.4 Å². The number of carbonyl (C=O) groups excluding carboxylic acids is 3. The van der Waals surface area contributed by atoms with Crippen LogP contribution in [0.1, 0.15) is 30.9 Å². The Morgan fingerprint density at radius 2 is 1.90 bits per heavy atom. The maximum atomic E-state index is 13.5. The number of aromatic nitrogens is 2. The second kappa shape index (κ2) is 10.7. The van der Waals surface area contributed by atoms with Gasteiger partial charge in [-0.15, -0.1) is 0 Å². The molecular formula is C28H31N5O5S. The van der Waals surface area contributed by atoms with Crippen molar-refractivity contribution in [3.63, 3.8) is 0 Å². The smallest absolute Gasteiger partial charge is 0.243 e. The number of hydrogen-bond donors (Lipinski definition) is 2. The third-order valence-electron chi connectivity index (χ3n) is 7.43. The number of aromatic amines is 1. The molecule has 2 aliphatic rings. The van der Waals surface area contributed by atoms with Crippen molar-refractivity contribution in [2.75, 3.05) is 13.1 Å². The molecule has 5 rings (SSSR count). The van der Waals surface area contributed by atoms with Crippen molar-refractivity contribution in [3.05, 3.63) is 78.3 Å². The highest BCUT2D eigenvalue weighted by Gasteiger charge is 2.45. The highest BCUT2D eigenvalue weighted by molar-refractivity contribution is 7.88. The second-order valence-corrected chi connectivity index (χ2v) is 12.2. The minimum atomic E-state index is -3.58. The third kappa shape index (κ3) is 5.64. The van der Waals surface area contributed by atoms with Crippen molar-refractivity contribution in [2.45, 2.75) is 50.1 Å². The monoisotopic (exact) mass is 549 g/mol. The molecule has 0 bridgehead atoms. The fraction of sp³-hybridized carbons (Fsp3) is 0.357. The van der Waals surface area contributed by atoms with E-state index in [-0.39, 0.29) is 37.2 Å². The molecule has 3 heterocycles. The molecule has 3 unspecified atom stereocenters. The lowest BCUT2D eigenvalue weighted by molar-refractivity contribution is -0.138. The summed E-state index contributed by atoms with van der Waals surface area (Å²) in [6.45, 7) is 5.65. The van der Waals surface area contributed by atoms with Crippen molar-refractivity contribution < 1.29 is 22.8 Å². The molecule has 11 heteroatoms. The summed E-state index contributed by atoms with van der Waals surface area (Å²) in [6.07, 6.45) is 2.83. The van der Waals surface area contributed by atoms with Crippen molar-refractivity contribution >= 4 is 38.5 Å². The minimum Gasteiger partial charge on any atom is -0.358 e. The van der Waals surface area contributed by atoms with E-state index in [1.54, 1.807) is 18.5 Å². The molecule has 0 saturated carbocycles. The largest absolute Gasteiger partial charge is 0.358 e. The highest BCUT2D eigenvalue weighted by Crippen LogP contribution is 2.34. The van der Waals surface area contributed by atoms with Gasteiger partial charge in [0.05, 0.1) is 35.7 Å². The zero-order chi connectivity index (χ0) is 27.7. The number of nitrogens with one attached hydrogen (secondary N) is 2. The zero-order valence-electron chi connectivity index (χ0n) is 21.7. The van der Waals surface area contributed by atoms with Crippen LogP contribution < -0.4 is 5.32 Å². The van der Waals surface area contributed by atoms with Crippen LogP contribution in [0.2, 0.25) is 0 Å². The van der Waals surface area contributed by atoms with Crippen LogP contribution in [-0.2, 0) is 36.6 Å². The molecule has 2 fully saturated rings. The summed E-state index contributed by atoms with van der Waals surface area (Å²) < 4.78 is 27.7. The van der Waals surface area contributed by atoms with Crippen molar-refractivity contribution in [1.29, 1.82) is 0 Å². The number of nitrogens with zero attached hydrogens (tertiary/aromatic N) is 3. The summed E-state index contributed by atoms with van der Waals surface area (Å²) in [6, 6.07) is 12.7. The number of sulfonamides is 1. The van der Waals surface area contributed by atoms with Gasteiger partial charge in [0.2, 0.25) is 21.7 Å². The van der Waals surface area contributed by atoms with Gasteiger partial charge in [-0.1, -0.05) is 43.0 Å². The van der Waals surface area contributed by atoms with Crippen LogP contribution >= 0.6 is 0 Å². The number of piperazine rings is 1. The average molecular weight is 550 g/mol. The number of benzene rings is 2. The molecule has 0 spiro atoms. The van der Waals surface area contributed by atoms with E-state index < -0.39 is 33.7 Å². The van der Waals surface area contributed by atoms with Crippen LogP contribution in [0.25, 0.3) is 11.0 Å². The molecule has 2 aromatic carbocycles. The van der Waals surface area contributed by atoms with Crippen LogP contribution in [0.4, 0.5) is 0 Å². The van der Waals surface area contributed by atoms with Gasteiger partial charge in [0.25, 0.3) is 0 Å². The lowest BCUT2D eigenvalue weighted by Gasteiger charge is -2.42. The summed E-state index contributed by atoms with van der Waals surface area (Å²) in [4.78, 5) is 47.3. The summed E-state index contributed by atoms with van der Waals surface area (Å²) in [5.74, 6) is -1.77. The van der Waals surface area contributed by atoms with Crippen LogP contribution in [0.15, 0.2) is 67.1 Å². The second-order valence-electron chi connectivity index (χ2n) is 10.2. The lowest BCUT2D eigenvalue weighted by atomic mass is 9.99. The Hall–Kier alpha value is -3.83. The quantitative estimate of drug-likeness (QED) is 0.390. The maximum Gasteiger partial charge on any atom is 0.243 e. The first-order valence-electron chi connectivity index (χ1n) is 12.9. The Labute approximate surface area is 227 Å². The topological polar surface area (TPSA) is 133 Å². The molecule has 0 radical (unpaired) electrons. The number of fused-ring (bicyclic) bond motifs is 2. The minimum absolute atomic E-state index is 0.0927. The fourth-order valence-electron chi connectivity index (χ4n) is 5.54. The number of hydrogen-bond acceptors (Lipinski definition) is 7. The van der Waals surface area contributed by atoms with E-state index in [4.69, 9.17) is 0 Å². The van der Waals surface area contributed by atoms with E-state index >= 15 is 0 Å². The molecule has 3 atom stereocenters. The molecule has 2 N–H and O–H groups in total. The van der Waals surface area contributed by atoms with Gasteiger partial charge < -0.3 is 15.2 Å². The highest BCUT2D eigenvalue weighted by atomic mass is 32.2. The number of rotatable bonds is 9. The lowest BCUT2D eigenvalue weighted by Crippen LogP contribution is -2.57. The summed E-state index contributed by atoms with van der Waals surface area (Å²) in [7, 11) is -3.58. The molecule has 1 amide bonds. The van der Waals surface area contributed by atoms with Gasteiger partial charge in [0.15, 0.2) is 5.78 Å². The predicted molar refractivity (Wildman–Crippen MR) is 146 cm³/mol. The van der Waals surface area contributed by atoms with Crippen LogP contribution in [-0.4, -0.2) is 76.3 Å². The van der Waals surface area contributed by atoms with Gasteiger partial charge >= 0.3 is 0 Å². The number of ketones is 2. The number of Topliss-reactive ketones (excluding diaryl/α,β-unsaturated/α-hetero) is 2. The van der Waals surface area contributed by atoms with E-state index in [0.717, 1.165) is 16.6 Å². The van der Waals surface area contributed by atoms with Gasteiger partial charge in [0.1, 0.15) is 6.04 Å². The molecule has 0 aliphatic carbocycles. The molecule has 10 nitrogen and oxygen atoms in total. The number of H-pyrrole nitrogens is 1. The molecule has 204 valence electrons. The Morgan fingerprint density at radius 3 is 2.64 bits per heavy atom. The normalized spacial score (nSPS) is 20.5. The predicted octanol–water partition coefficient (Wildman–Crippen LogP) is 1.94. The van der Waals surface area contributed by atoms with Crippen LogP contribution in [0.5, 0.6) is 0 Å². The first kappa shape index (κ1) is 26.8. The van der Waals surface area contributed by atoms with Gasteiger partial charge in [-0.05, 0) is 36.1 Å². The van der Waals surface area contributed by atoms with Gasteiger partial charge in [0, 0.05) is 31.6 Å². The number of amides is 1.